The summed E-state index contributed by atoms with van der Waals surface area (Å²) < 4.78 is 26.5. The predicted molar refractivity (Wildman–Crippen MR) is 96.7 cm³/mol. The lowest BCUT2D eigenvalue weighted by Gasteiger charge is -2.27. The summed E-state index contributed by atoms with van der Waals surface area (Å²) in [5, 5.41) is 3.20. The zero-order valence-corrected chi connectivity index (χ0v) is 14.5. The van der Waals surface area contributed by atoms with E-state index in [1.54, 1.807) is 6.07 Å². The second-order valence-corrected chi connectivity index (χ2v) is 6.40. The number of hydrogen-bond acceptors (Lipinski definition) is 2. The topological polar surface area (TPSA) is 15.3 Å². The molecule has 24 heavy (non-hydrogen) atoms. The number of likely N-dealkylation sites (N-methyl/N-ethyl adjacent to an activating group) is 1. The normalized spacial score (nSPS) is 20.0. The first-order valence-electron chi connectivity index (χ1n) is 8.64. The SMILES string of the molecule is CCCC1=C(CC)C2=CC(Nc3ccc(F)c(F)c3)=CCC2N1C.[HH]. The van der Waals surface area contributed by atoms with Gasteiger partial charge in [-0.05, 0) is 48.6 Å². The summed E-state index contributed by atoms with van der Waals surface area (Å²) in [5.41, 5.74) is 5.75. The molecule has 4 heteroatoms. The summed E-state index contributed by atoms with van der Waals surface area (Å²) in [7, 11) is 2.17. The molecule has 0 radical (unpaired) electrons. The van der Waals surface area contributed by atoms with Crippen LogP contribution in [-0.4, -0.2) is 18.0 Å². The smallest absolute Gasteiger partial charge is 0.160 e. The fourth-order valence-corrected chi connectivity index (χ4v) is 3.71. The maximum Gasteiger partial charge on any atom is 0.160 e. The summed E-state index contributed by atoms with van der Waals surface area (Å²) >= 11 is 0. The standard InChI is InChI=1S/C20H24F2N2.H2/c1-4-6-19-15(5-2)16-11-13(8-10-20(16)24(19)3)23-14-7-9-17(21)18(22)12-14;/h7-9,11-12,20,23H,4-6,10H2,1-3H3;1H. The lowest BCUT2D eigenvalue weighted by Crippen LogP contribution is -2.28. The van der Waals surface area contributed by atoms with E-state index >= 15 is 0 Å². The van der Waals surface area contributed by atoms with Crippen molar-refractivity contribution in [3.05, 3.63) is 64.5 Å². The Labute approximate surface area is 144 Å². The van der Waals surface area contributed by atoms with Crippen molar-refractivity contribution in [3.63, 3.8) is 0 Å². The molecular weight excluding hydrogens is 306 g/mol. The molecule has 1 unspecified atom stereocenters. The van der Waals surface area contributed by atoms with Crippen LogP contribution in [0.3, 0.4) is 0 Å². The van der Waals surface area contributed by atoms with Gasteiger partial charge in [-0.2, -0.15) is 0 Å². The van der Waals surface area contributed by atoms with Crippen molar-refractivity contribution in [1.29, 1.82) is 0 Å². The van der Waals surface area contributed by atoms with E-state index in [9.17, 15) is 8.78 Å². The van der Waals surface area contributed by atoms with Crippen molar-refractivity contribution in [2.75, 3.05) is 12.4 Å². The Morgan fingerprint density at radius 2 is 2.04 bits per heavy atom. The monoisotopic (exact) mass is 332 g/mol. The number of rotatable bonds is 5. The van der Waals surface area contributed by atoms with Gasteiger partial charge in [0, 0.05) is 31.6 Å². The third-order valence-electron chi connectivity index (χ3n) is 4.87. The van der Waals surface area contributed by atoms with E-state index in [0.717, 1.165) is 37.4 Å². The van der Waals surface area contributed by atoms with E-state index in [1.807, 2.05) is 0 Å². The average Bonchev–Trinajstić information content (AvgIpc) is 2.83. The number of nitrogens with one attached hydrogen (secondary N) is 1. The van der Waals surface area contributed by atoms with E-state index in [-0.39, 0.29) is 1.43 Å². The second-order valence-electron chi connectivity index (χ2n) is 6.40. The first-order valence-corrected chi connectivity index (χ1v) is 8.64. The zero-order chi connectivity index (χ0) is 17.3. The summed E-state index contributed by atoms with van der Waals surface area (Å²) in [6.45, 7) is 4.40. The van der Waals surface area contributed by atoms with Crippen molar-refractivity contribution in [1.82, 2.24) is 4.90 Å². The Morgan fingerprint density at radius 3 is 2.71 bits per heavy atom. The first kappa shape index (κ1) is 16.7. The van der Waals surface area contributed by atoms with Crippen LogP contribution in [-0.2, 0) is 0 Å². The predicted octanol–water partition coefficient (Wildman–Crippen LogP) is 5.61. The summed E-state index contributed by atoms with van der Waals surface area (Å²) in [6, 6.07) is 4.30. The molecule has 1 aliphatic heterocycles. The average molecular weight is 332 g/mol. The highest BCUT2D eigenvalue weighted by molar-refractivity contribution is 5.57. The number of nitrogens with zero attached hydrogens (tertiary/aromatic N) is 1. The van der Waals surface area contributed by atoms with E-state index in [4.69, 9.17) is 0 Å². The third-order valence-corrected chi connectivity index (χ3v) is 4.87. The Bertz CT molecular complexity index is 737. The van der Waals surface area contributed by atoms with Crippen LogP contribution in [0.2, 0.25) is 0 Å². The fraction of sp³-hybridized carbons (Fsp3) is 0.400. The van der Waals surface area contributed by atoms with E-state index in [0.29, 0.717) is 11.7 Å². The van der Waals surface area contributed by atoms with Gasteiger partial charge in [-0.3, -0.25) is 0 Å². The van der Waals surface area contributed by atoms with E-state index < -0.39 is 11.6 Å². The number of fused-ring (bicyclic) bond motifs is 1. The molecule has 1 N–H and O–H groups in total. The van der Waals surface area contributed by atoms with Crippen molar-refractivity contribution in [2.45, 2.75) is 45.6 Å². The van der Waals surface area contributed by atoms with Gasteiger partial charge in [0.15, 0.2) is 11.6 Å². The molecule has 1 aromatic rings. The number of hydrogen-bond donors (Lipinski definition) is 1. The third kappa shape index (κ3) is 2.97. The van der Waals surface area contributed by atoms with Gasteiger partial charge in [0.1, 0.15) is 0 Å². The molecule has 0 saturated carbocycles. The largest absolute Gasteiger partial charge is 0.370 e. The molecule has 130 valence electrons. The highest BCUT2D eigenvalue weighted by atomic mass is 19.2. The van der Waals surface area contributed by atoms with Gasteiger partial charge < -0.3 is 10.2 Å². The van der Waals surface area contributed by atoms with Crippen LogP contribution in [0.4, 0.5) is 14.5 Å². The van der Waals surface area contributed by atoms with Gasteiger partial charge >= 0.3 is 0 Å². The molecule has 2 nitrogen and oxygen atoms in total. The number of anilines is 1. The molecule has 0 fully saturated rings. The maximum atomic E-state index is 13.4. The van der Waals surface area contributed by atoms with Gasteiger partial charge in [-0.15, -0.1) is 0 Å². The van der Waals surface area contributed by atoms with E-state index in [1.165, 1.54) is 22.9 Å². The molecule has 1 atom stereocenters. The van der Waals surface area contributed by atoms with Crippen LogP contribution < -0.4 is 5.32 Å². The molecule has 0 spiro atoms. The van der Waals surface area contributed by atoms with Crippen molar-refractivity contribution in [3.8, 4) is 0 Å². The summed E-state index contributed by atoms with van der Waals surface area (Å²) in [4.78, 5) is 2.40. The van der Waals surface area contributed by atoms with Crippen LogP contribution in [0.15, 0.2) is 52.9 Å². The van der Waals surface area contributed by atoms with Gasteiger partial charge in [-0.1, -0.05) is 26.3 Å². The van der Waals surface area contributed by atoms with Gasteiger partial charge in [0.25, 0.3) is 0 Å². The van der Waals surface area contributed by atoms with Gasteiger partial charge in [-0.25, -0.2) is 8.78 Å². The highest BCUT2D eigenvalue weighted by Crippen LogP contribution is 2.40. The zero-order valence-electron chi connectivity index (χ0n) is 14.5. The van der Waals surface area contributed by atoms with Gasteiger partial charge in [0.05, 0.1) is 6.04 Å². The van der Waals surface area contributed by atoms with Crippen LogP contribution in [0.1, 0.15) is 41.0 Å². The highest BCUT2D eigenvalue weighted by Gasteiger charge is 2.33. The molecule has 0 aromatic heterocycles. The molecule has 0 bridgehead atoms. The Hall–Kier alpha value is -2.10. The minimum absolute atomic E-state index is 0. The molecule has 0 amide bonds. The minimum Gasteiger partial charge on any atom is -0.370 e. The Kier molecular flexibility index (Phi) is 4.74. The molecule has 0 saturated heterocycles. The Morgan fingerprint density at radius 1 is 1.25 bits per heavy atom. The summed E-state index contributed by atoms with van der Waals surface area (Å²) in [5.74, 6) is -1.66. The molecule has 2 aliphatic rings. The molecule has 1 aromatic carbocycles. The van der Waals surface area contributed by atoms with Crippen LogP contribution in [0.25, 0.3) is 0 Å². The number of halogens is 2. The van der Waals surface area contributed by atoms with Crippen LogP contribution >= 0.6 is 0 Å². The van der Waals surface area contributed by atoms with Gasteiger partial charge in [0.2, 0.25) is 0 Å². The molecule has 3 rings (SSSR count). The molecule has 1 heterocycles. The fourth-order valence-electron chi connectivity index (χ4n) is 3.71. The molecule has 1 aliphatic carbocycles. The Balaban J connectivity index is 0.00000225. The molecular formula is C20H26F2N2. The minimum atomic E-state index is -0.832. The van der Waals surface area contributed by atoms with Crippen molar-refractivity contribution < 1.29 is 10.2 Å². The van der Waals surface area contributed by atoms with Crippen LogP contribution in [0.5, 0.6) is 0 Å². The first-order chi connectivity index (χ1) is 11.5. The van der Waals surface area contributed by atoms with Crippen molar-refractivity contribution in [2.24, 2.45) is 0 Å². The van der Waals surface area contributed by atoms with Crippen LogP contribution in [0, 0.1) is 11.6 Å². The lowest BCUT2D eigenvalue weighted by atomic mass is 9.92. The van der Waals surface area contributed by atoms with Crippen molar-refractivity contribution >= 4 is 5.69 Å². The lowest BCUT2D eigenvalue weighted by molar-refractivity contribution is 0.352. The summed E-state index contributed by atoms with van der Waals surface area (Å²) in [6.07, 6.45) is 8.46. The maximum absolute atomic E-state index is 13.4. The number of allylic oxidation sites excluding steroid dienone is 2. The number of benzene rings is 1. The quantitative estimate of drug-likeness (QED) is 0.753. The second kappa shape index (κ2) is 6.80. The van der Waals surface area contributed by atoms with E-state index in [2.05, 4.69) is 43.3 Å².